The molecule has 0 saturated heterocycles. The predicted octanol–water partition coefficient (Wildman–Crippen LogP) is 1.54. The number of nitro groups is 1. The third-order valence-electron chi connectivity index (χ3n) is 2.17. The SMILES string of the molecule is O=C(O)CC(Nc1ccc([N+](=O)[O-])cc1I)C(=O)O. The summed E-state index contributed by atoms with van der Waals surface area (Å²) in [6, 6.07) is 2.53. The van der Waals surface area contributed by atoms with Crippen LogP contribution < -0.4 is 5.32 Å². The Kier molecular flexibility index (Phi) is 5.03. The molecule has 0 bridgehead atoms. The Morgan fingerprint density at radius 1 is 1.42 bits per heavy atom. The highest BCUT2D eigenvalue weighted by atomic mass is 127. The molecular weight excluding hydrogens is 371 g/mol. The molecule has 0 amide bonds. The van der Waals surface area contributed by atoms with E-state index >= 15 is 0 Å². The lowest BCUT2D eigenvalue weighted by atomic mass is 10.2. The maximum absolute atomic E-state index is 10.9. The van der Waals surface area contributed by atoms with Gasteiger partial charge >= 0.3 is 11.9 Å². The monoisotopic (exact) mass is 380 g/mol. The summed E-state index contributed by atoms with van der Waals surface area (Å²) < 4.78 is 0.434. The maximum atomic E-state index is 10.9. The van der Waals surface area contributed by atoms with Crippen LogP contribution in [-0.4, -0.2) is 33.1 Å². The van der Waals surface area contributed by atoms with Gasteiger partial charge in [0.1, 0.15) is 6.04 Å². The summed E-state index contributed by atoms with van der Waals surface area (Å²) >= 11 is 1.80. The van der Waals surface area contributed by atoms with Crippen molar-refractivity contribution in [3.8, 4) is 0 Å². The number of anilines is 1. The zero-order valence-electron chi connectivity index (χ0n) is 9.37. The summed E-state index contributed by atoms with van der Waals surface area (Å²) in [5.74, 6) is -2.56. The van der Waals surface area contributed by atoms with Crippen molar-refractivity contribution >= 4 is 45.9 Å². The molecule has 0 aromatic heterocycles. The van der Waals surface area contributed by atoms with Crippen LogP contribution in [-0.2, 0) is 9.59 Å². The number of benzene rings is 1. The van der Waals surface area contributed by atoms with Gasteiger partial charge in [-0.25, -0.2) is 4.79 Å². The topological polar surface area (TPSA) is 130 Å². The van der Waals surface area contributed by atoms with Crippen molar-refractivity contribution in [1.82, 2.24) is 0 Å². The van der Waals surface area contributed by atoms with Crippen LogP contribution in [0.2, 0.25) is 0 Å². The number of carboxylic acids is 2. The van der Waals surface area contributed by atoms with Gasteiger partial charge in [0.05, 0.1) is 11.3 Å². The molecular formula is C10H9IN2O6. The van der Waals surface area contributed by atoms with Gasteiger partial charge in [0, 0.05) is 21.4 Å². The first-order chi connectivity index (χ1) is 8.81. The van der Waals surface area contributed by atoms with E-state index in [9.17, 15) is 19.7 Å². The zero-order valence-corrected chi connectivity index (χ0v) is 11.5. The van der Waals surface area contributed by atoms with E-state index in [0.29, 0.717) is 9.26 Å². The lowest BCUT2D eigenvalue weighted by Crippen LogP contribution is -2.32. The fourth-order valence-corrected chi connectivity index (χ4v) is 1.95. The van der Waals surface area contributed by atoms with E-state index in [4.69, 9.17) is 10.2 Å². The smallest absolute Gasteiger partial charge is 0.326 e. The number of hydrogen-bond acceptors (Lipinski definition) is 5. The molecule has 8 nitrogen and oxygen atoms in total. The summed E-state index contributed by atoms with van der Waals surface area (Å²) in [4.78, 5) is 31.4. The van der Waals surface area contributed by atoms with Crippen molar-refractivity contribution < 1.29 is 24.7 Å². The van der Waals surface area contributed by atoms with Gasteiger partial charge in [-0.1, -0.05) is 0 Å². The summed E-state index contributed by atoms with van der Waals surface area (Å²) in [5.41, 5.74) is 0.208. The van der Waals surface area contributed by atoms with Gasteiger partial charge in [0.2, 0.25) is 0 Å². The number of carboxylic acid groups (broad SMARTS) is 2. The van der Waals surface area contributed by atoms with E-state index < -0.39 is 29.3 Å². The van der Waals surface area contributed by atoms with Gasteiger partial charge in [0.15, 0.2) is 0 Å². The minimum absolute atomic E-state index is 0.125. The van der Waals surface area contributed by atoms with Crippen molar-refractivity contribution in [2.75, 3.05) is 5.32 Å². The van der Waals surface area contributed by atoms with Crippen molar-refractivity contribution in [3.63, 3.8) is 0 Å². The zero-order chi connectivity index (χ0) is 14.6. The standard InChI is InChI=1S/C10H9IN2O6/c11-6-3-5(13(18)19)1-2-7(6)12-8(10(16)17)4-9(14)15/h1-3,8,12H,4H2,(H,14,15)(H,16,17). The lowest BCUT2D eigenvalue weighted by molar-refractivity contribution is -0.384. The molecule has 1 rings (SSSR count). The van der Waals surface area contributed by atoms with Gasteiger partial charge in [0.25, 0.3) is 5.69 Å². The number of nitrogens with zero attached hydrogens (tertiary/aromatic N) is 1. The Morgan fingerprint density at radius 3 is 2.47 bits per heavy atom. The van der Waals surface area contributed by atoms with E-state index in [1.165, 1.54) is 18.2 Å². The lowest BCUT2D eigenvalue weighted by Gasteiger charge is -2.14. The molecule has 1 unspecified atom stereocenters. The van der Waals surface area contributed by atoms with Crippen LogP contribution in [0.1, 0.15) is 6.42 Å². The quantitative estimate of drug-likeness (QED) is 0.388. The summed E-state index contributed by atoms with van der Waals surface area (Å²) in [5, 5.41) is 30.6. The number of nitrogens with one attached hydrogen (secondary N) is 1. The van der Waals surface area contributed by atoms with Crippen LogP contribution >= 0.6 is 22.6 Å². The molecule has 0 spiro atoms. The number of halogens is 1. The number of aliphatic carboxylic acids is 2. The second kappa shape index (κ2) is 6.31. The molecule has 0 fully saturated rings. The van der Waals surface area contributed by atoms with Crippen LogP contribution in [0.4, 0.5) is 11.4 Å². The second-order valence-electron chi connectivity index (χ2n) is 3.55. The number of rotatable bonds is 6. The third kappa shape index (κ3) is 4.35. The summed E-state index contributed by atoms with van der Waals surface area (Å²) in [6.07, 6.45) is -0.595. The van der Waals surface area contributed by atoms with Gasteiger partial charge in [-0.2, -0.15) is 0 Å². The normalized spacial score (nSPS) is 11.6. The minimum atomic E-state index is -1.31. The maximum Gasteiger partial charge on any atom is 0.326 e. The molecule has 0 aliphatic heterocycles. The molecule has 102 valence electrons. The van der Waals surface area contributed by atoms with Gasteiger partial charge in [-0.3, -0.25) is 14.9 Å². The van der Waals surface area contributed by atoms with Crippen molar-refractivity contribution in [1.29, 1.82) is 0 Å². The molecule has 9 heteroatoms. The molecule has 1 atom stereocenters. The van der Waals surface area contributed by atoms with E-state index in [0.717, 1.165) is 0 Å². The van der Waals surface area contributed by atoms with Gasteiger partial charge < -0.3 is 15.5 Å². The van der Waals surface area contributed by atoms with E-state index in [1.807, 2.05) is 0 Å². The first kappa shape index (κ1) is 15.1. The molecule has 0 aliphatic carbocycles. The average molecular weight is 380 g/mol. The average Bonchev–Trinajstić information content (AvgIpc) is 2.29. The van der Waals surface area contributed by atoms with Crippen LogP contribution in [0, 0.1) is 13.7 Å². The molecule has 19 heavy (non-hydrogen) atoms. The summed E-state index contributed by atoms with van der Waals surface area (Å²) in [7, 11) is 0. The molecule has 1 aromatic rings. The number of hydrogen-bond donors (Lipinski definition) is 3. The van der Waals surface area contributed by atoms with E-state index in [1.54, 1.807) is 22.6 Å². The molecule has 0 aliphatic rings. The fraction of sp³-hybridized carbons (Fsp3) is 0.200. The summed E-state index contributed by atoms with van der Waals surface area (Å²) in [6.45, 7) is 0. The molecule has 3 N–H and O–H groups in total. The van der Waals surface area contributed by atoms with E-state index in [2.05, 4.69) is 5.32 Å². The van der Waals surface area contributed by atoms with Crippen LogP contribution in [0.25, 0.3) is 0 Å². The molecule has 0 heterocycles. The first-order valence-corrected chi connectivity index (χ1v) is 6.04. The number of carbonyl (C=O) groups is 2. The van der Waals surface area contributed by atoms with Crippen LogP contribution in [0.15, 0.2) is 18.2 Å². The molecule has 1 aromatic carbocycles. The first-order valence-electron chi connectivity index (χ1n) is 4.96. The predicted molar refractivity (Wildman–Crippen MR) is 73.1 cm³/mol. The highest BCUT2D eigenvalue weighted by Gasteiger charge is 2.22. The highest BCUT2D eigenvalue weighted by Crippen LogP contribution is 2.24. The Morgan fingerprint density at radius 2 is 2.05 bits per heavy atom. The van der Waals surface area contributed by atoms with E-state index in [-0.39, 0.29) is 5.69 Å². The van der Waals surface area contributed by atoms with Gasteiger partial charge in [-0.15, -0.1) is 0 Å². The van der Waals surface area contributed by atoms with Crippen molar-refractivity contribution in [2.24, 2.45) is 0 Å². The Bertz CT molecular complexity index is 533. The largest absolute Gasteiger partial charge is 0.481 e. The number of nitro benzene ring substituents is 1. The Labute approximate surface area is 120 Å². The fourth-order valence-electron chi connectivity index (χ4n) is 1.30. The Hall–Kier alpha value is -1.91. The Balaban J connectivity index is 2.94. The molecule has 0 saturated carbocycles. The minimum Gasteiger partial charge on any atom is -0.481 e. The van der Waals surface area contributed by atoms with Crippen LogP contribution in [0.5, 0.6) is 0 Å². The highest BCUT2D eigenvalue weighted by molar-refractivity contribution is 14.1. The van der Waals surface area contributed by atoms with Crippen molar-refractivity contribution in [3.05, 3.63) is 31.9 Å². The van der Waals surface area contributed by atoms with Gasteiger partial charge in [-0.05, 0) is 28.7 Å². The number of non-ortho nitro benzene ring substituents is 1. The molecule has 0 radical (unpaired) electrons. The van der Waals surface area contributed by atoms with Crippen molar-refractivity contribution in [2.45, 2.75) is 12.5 Å². The van der Waals surface area contributed by atoms with Crippen LogP contribution in [0.3, 0.4) is 0 Å². The second-order valence-corrected chi connectivity index (χ2v) is 4.72. The third-order valence-corrected chi connectivity index (χ3v) is 3.06.